The predicted octanol–water partition coefficient (Wildman–Crippen LogP) is 5.32. The van der Waals surface area contributed by atoms with Gasteiger partial charge in [-0.15, -0.1) is 11.3 Å². The summed E-state index contributed by atoms with van der Waals surface area (Å²) >= 11 is 1.91. The van der Waals surface area contributed by atoms with Crippen LogP contribution in [0.15, 0.2) is 36.4 Å². The van der Waals surface area contributed by atoms with Crippen molar-refractivity contribution in [1.82, 2.24) is 0 Å². The van der Waals surface area contributed by atoms with Crippen molar-refractivity contribution in [3.8, 4) is 0 Å². The molecule has 17 heavy (non-hydrogen) atoms. The van der Waals surface area contributed by atoms with Crippen LogP contribution in [-0.2, 0) is 6.42 Å². The summed E-state index contributed by atoms with van der Waals surface area (Å²) in [5.74, 6) is 0. The zero-order valence-electron chi connectivity index (χ0n) is 10.3. The number of hydrogen-bond acceptors (Lipinski definition) is 1. The molecule has 0 N–H and O–H groups in total. The molecule has 0 radical (unpaired) electrons. The van der Waals surface area contributed by atoms with E-state index in [1.807, 2.05) is 11.3 Å². The van der Waals surface area contributed by atoms with E-state index in [0.717, 1.165) is 0 Å². The summed E-state index contributed by atoms with van der Waals surface area (Å²) in [4.78, 5) is 0. The molecule has 1 heteroatoms. The van der Waals surface area contributed by atoms with E-state index in [2.05, 4.69) is 50.2 Å². The normalized spacial score (nSPS) is 11.4. The molecule has 3 aromatic rings. The van der Waals surface area contributed by atoms with Crippen LogP contribution in [0.25, 0.3) is 20.2 Å². The van der Waals surface area contributed by atoms with E-state index in [9.17, 15) is 0 Å². The zero-order chi connectivity index (χ0) is 11.8. The summed E-state index contributed by atoms with van der Waals surface area (Å²) in [6.07, 6.45) is 2.40. The van der Waals surface area contributed by atoms with Crippen molar-refractivity contribution >= 4 is 31.5 Å². The highest BCUT2D eigenvalue weighted by molar-refractivity contribution is 7.25. The van der Waals surface area contributed by atoms with E-state index in [1.165, 1.54) is 38.6 Å². The summed E-state index contributed by atoms with van der Waals surface area (Å²) < 4.78 is 2.84. The summed E-state index contributed by atoms with van der Waals surface area (Å²) in [6.45, 7) is 4.49. The van der Waals surface area contributed by atoms with Crippen LogP contribution in [0.3, 0.4) is 0 Å². The van der Waals surface area contributed by atoms with Gasteiger partial charge in [-0.2, -0.15) is 0 Å². The molecule has 0 aliphatic rings. The lowest BCUT2D eigenvalue weighted by Crippen LogP contribution is -1.89. The Labute approximate surface area is 106 Å². The lowest BCUT2D eigenvalue weighted by Gasteiger charge is -2.06. The molecule has 3 rings (SSSR count). The van der Waals surface area contributed by atoms with Gasteiger partial charge < -0.3 is 0 Å². The standard InChI is InChI=1S/C16H16S/c1-3-6-12-11(2)9-10-15-16(12)13-7-4-5-8-14(13)17-15/h4-5,7-10H,3,6H2,1-2H3. The van der Waals surface area contributed by atoms with Crippen molar-refractivity contribution in [3.05, 3.63) is 47.5 Å². The fourth-order valence-corrected chi connectivity index (χ4v) is 3.70. The largest absolute Gasteiger partial charge is 0.135 e. The number of fused-ring (bicyclic) bond motifs is 3. The van der Waals surface area contributed by atoms with Crippen LogP contribution < -0.4 is 0 Å². The molecule has 0 fully saturated rings. The highest BCUT2D eigenvalue weighted by Crippen LogP contribution is 2.37. The first-order chi connectivity index (χ1) is 8.31. The van der Waals surface area contributed by atoms with E-state index in [4.69, 9.17) is 0 Å². The maximum atomic E-state index is 2.27. The number of benzene rings is 2. The van der Waals surface area contributed by atoms with Gasteiger partial charge in [0.1, 0.15) is 0 Å². The first-order valence-corrected chi connectivity index (χ1v) is 7.02. The minimum Gasteiger partial charge on any atom is -0.135 e. The zero-order valence-corrected chi connectivity index (χ0v) is 11.1. The molecule has 0 bridgehead atoms. The van der Waals surface area contributed by atoms with Crippen LogP contribution in [0, 0.1) is 6.92 Å². The second kappa shape index (κ2) is 4.15. The summed E-state index contributed by atoms with van der Waals surface area (Å²) in [5.41, 5.74) is 2.98. The van der Waals surface area contributed by atoms with Crippen molar-refractivity contribution in [2.45, 2.75) is 26.7 Å². The minimum atomic E-state index is 1.18. The van der Waals surface area contributed by atoms with Gasteiger partial charge in [0.25, 0.3) is 0 Å². The lowest BCUT2D eigenvalue weighted by atomic mass is 9.98. The Morgan fingerprint density at radius 2 is 1.82 bits per heavy atom. The van der Waals surface area contributed by atoms with E-state index in [1.54, 1.807) is 5.56 Å². The highest BCUT2D eigenvalue weighted by Gasteiger charge is 2.10. The van der Waals surface area contributed by atoms with E-state index < -0.39 is 0 Å². The number of rotatable bonds is 2. The van der Waals surface area contributed by atoms with Gasteiger partial charge in [0.05, 0.1) is 0 Å². The van der Waals surface area contributed by atoms with E-state index in [-0.39, 0.29) is 0 Å². The fraction of sp³-hybridized carbons (Fsp3) is 0.250. The first kappa shape index (κ1) is 10.8. The molecular weight excluding hydrogens is 224 g/mol. The van der Waals surface area contributed by atoms with E-state index in [0.29, 0.717) is 0 Å². The second-order valence-electron chi connectivity index (χ2n) is 4.58. The topological polar surface area (TPSA) is 0 Å². The Morgan fingerprint density at radius 3 is 2.65 bits per heavy atom. The van der Waals surface area contributed by atoms with Crippen LogP contribution in [0.1, 0.15) is 24.5 Å². The molecule has 2 aromatic carbocycles. The summed E-state index contributed by atoms with van der Waals surface area (Å²) in [7, 11) is 0. The lowest BCUT2D eigenvalue weighted by molar-refractivity contribution is 0.922. The monoisotopic (exact) mass is 240 g/mol. The Morgan fingerprint density at radius 1 is 1.00 bits per heavy atom. The molecule has 1 aromatic heterocycles. The first-order valence-electron chi connectivity index (χ1n) is 6.21. The van der Waals surface area contributed by atoms with Gasteiger partial charge in [0.15, 0.2) is 0 Å². The second-order valence-corrected chi connectivity index (χ2v) is 5.67. The SMILES string of the molecule is CCCc1c(C)ccc2sc3ccccc3c12. The smallest absolute Gasteiger partial charge is 0.0358 e. The molecule has 0 atom stereocenters. The van der Waals surface area contributed by atoms with Gasteiger partial charge in [0, 0.05) is 20.2 Å². The van der Waals surface area contributed by atoms with Gasteiger partial charge in [-0.25, -0.2) is 0 Å². The van der Waals surface area contributed by atoms with Crippen LogP contribution in [0.4, 0.5) is 0 Å². The fourth-order valence-electron chi connectivity index (χ4n) is 2.56. The molecule has 0 nitrogen and oxygen atoms in total. The molecule has 0 unspecified atom stereocenters. The quantitative estimate of drug-likeness (QED) is 0.569. The number of aryl methyl sites for hydroxylation is 2. The third-order valence-electron chi connectivity index (χ3n) is 3.39. The third kappa shape index (κ3) is 1.66. The third-order valence-corrected chi connectivity index (χ3v) is 4.52. The Hall–Kier alpha value is -1.34. The Kier molecular flexibility index (Phi) is 2.64. The molecule has 0 saturated heterocycles. The van der Waals surface area contributed by atoms with Crippen LogP contribution in [-0.4, -0.2) is 0 Å². The molecule has 0 amide bonds. The van der Waals surface area contributed by atoms with Crippen LogP contribution in [0.5, 0.6) is 0 Å². The molecule has 1 heterocycles. The Bertz CT molecular complexity index is 676. The van der Waals surface area contributed by atoms with Crippen molar-refractivity contribution in [2.75, 3.05) is 0 Å². The molecule has 86 valence electrons. The average Bonchev–Trinajstić information content (AvgIpc) is 2.72. The summed E-state index contributed by atoms with van der Waals surface area (Å²) in [6, 6.07) is 13.3. The summed E-state index contributed by atoms with van der Waals surface area (Å²) in [5, 5.41) is 2.92. The molecular formula is C16H16S. The van der Waals surface area contributed by atoms with Crippen molar-refractivity contribution in [3.63, 3.8) is 0 Å². The molecule has 0 saturated carbocycles. The van der Waals surface area contributed by atoms with Gasteiger partial charge in [-0.05, 0) is 36.6 Å². The van der Waals surface area contributed by atoms with Crippen molar-refractivity contribution < 1.29 is 0 Å². The van der Waals surface area contributed by atoms with Gasteiger partial charge in [-0.3, -0.25) is 0 Å². The number of hydrogen-bond donors (Lipinski definition) is 0. The van der Waals surface area contributed by atoms with Gasteiger partial charge in [0.2, 0.25) is 0 Å². The van der Waals surface area contributed by atoms with Crippen molar-refractivity contribution in [1.29, 1.82) is 0 Å². The average molecular weight is 240 g/mol. The van der Waals surface area contributed by atoms with Gasteiger partial charge in [-0.1, -0.05) is 37.6 Å². The van der Waals surface area contributed by atoms with Gasteiger partial charge >= 0.3 is 0 Å². The molecule has 0 spiro atoms. The molecule has 0 aliphatic carbocycles. The maximum Gasteiger partial charge on any atom is 0.0358 e. The van der Waals surface area contributed by atoms with Crippen LogP contribution in [0.2, 0.25) is 0 Å². The predicted molar refractivity (Wildman–Crippen MR) is 78.1 cm³/mol. The van der Waals surface area contributed by atoms with E-state index >= 15 is 0 Å². The molecule has 0 aliphatic heterocycles. The number of thiophene rings is 1. The Balaban J connectivity index is 2.46. The van der Waals surface area contributed by atoms with Crippen LogP contribution >= 0.6 is 11.3 Å². The van der Waals surface area contributed by atoms with Crippen molar-refractivity contribution in [2.24, 2.45) is 0 Å². The minimum absolute atomic E-state index is 1.18. The highest BCUT2D eigenvalue weighted by atomic mass is 32.1. The maximum absolute atomic E-state index is 2.27.